The lowest BCUT2D eigenvalue weighted by Crippen LogP contribution is -2.30. The van der Waals surface area contributed by atoms with E-state index in [1.54, 1.807) is 12.1 Å². The second-order valence-corrected chi connectivity index (χ2v) is 8.27. The molecule has 7 nitrogen and oxygen atoms in total. The molecule has 0 bridgehead atoms. The van der Waals surface area contributed by atoms with Gasteiger partial charge in [-0.3, -0.25) is 14.5 Å². The fourth-order valence-corrected chi connectivity index (χ4v) is 4.61. The molecule has 1 fully saturated rings. The van der Waals surface area contributed by atoms with Gasteiger partial charge in [-0.25, -0.2) is 8.42 Å². The lowest BCUT2D eigenvalue weighted by atomic mass is 9.95. The molecule has 9 heteroatoms. The molecular weight excluding hydrogens is 376 g/mol. The Morgan fingerprint density at radius 1 is 1.27 bits per heavy atom. The van der Waals surface area contributed by atoms with E-state index >= 15 is 0 Å². The lowest BCUT2D eigenvalue weighted by molar-refractivity contribution is -0.120. The molecule has 0 radical (unpaired) electrons. The first-order valence-corrected chi connectivity index (χ1v) is 10.1. The van der Waals surface area contributed by atoms with E-state index in [-0.39, 0.29) is 35.0 Å². The van der Waals surface area contributed by atoms with Gasteiger partial charge < -0.3 is 11.1 Å². The van der Waals surface area contributed by atoms with Crippen LogP contribution in [0.25, 0.3) is 0 Å². The SMILES string of the molecule is Cl.NC[C@H]1CCC[C@H]1C(=O)Nc1cccc(S(=O)(=O)NC2=NCCC2)c1. The first-order chi connectivity index (χ1) is 12.0. The number of nitrogens with one attached hydrogen (secondary N) is 2. The summed E-state index contributed by atoms with van der Waals surface area (Å²) in [6, 6.07) is 6.29. The molecule has 1 aliphatic heterocycles. The Balaban J connectivity index is 0.00000243. The number of amidine groups is 1. The molecule has 0 saturated heterocycles. The van der Waals surface area contributed by atoms with Gasteiger partial charge in [-0.05, 0) is 49.9 Å². The van der Waals surface area contributed by atoms with E-state index in [4.69, 9.17) is 5.73 Å². The molecule has 1 aromatic carbocycles. The third-order valence-corrected chi connectivity index (χ3v) is 6.22. The number of nitrogens with two attached hydrogens (primary N) is 1. The van der Waals surface area contributed by atoms with Crippen LogP contribution in [-0.4, -0.2) is 33.3 Å². The minimum Gasteiger partial charge on any atom is -0.330 e. The number of benzene rings is 1. The highest BCUT2D eigenvalue weighted by Gasteiger charge is 2.32. The molecule has 1 aromatic rings. The highest BCUT2D eigenvalue weighted by Crippen LogP contribution is 2.32. The van der Waals surface area contributed by atoms with Gasteiger partial charge in [0.1, 0.15) is 5.84 Å². The van der Waals surface area contributed by atoms with Crippen LogP contribution in [0.5, 0.6) is 0 Å². The zero-order chi connectivity index (χ0) is 17.9. The van der Waals surface area contributed by atoms with Gasteiger partial charge in [-0.2, -0.15) is 0 Å². The summed E-state index contributed by atoms with van der Waals surface area (Å²) in [5.41, 5.74) is 6.21. The zero-order valence-corrected chi connectivity index (χ0v) is 16.1. The topological polar surface area (TPSA) is 114 Å². The number of aliphatic imine (C=N–C) groups is 1. The van der Waals surface area contributed by atoms with Crippen LogP contribution in [0.1, 0.15) is 32.1 Å². The van der Waals surface area contributed by atoms with Crippen molar-refractivity contribution in [2.45, 2.75) is 37.0 Å². The first kappa shape index (κ1) is 20.7. The first-order valence-electron chi connectivity index (χ1n) is 8.67. The third-order valence-electron chi connectivity index (χ3n) is 4.84. The van der Waals surface area contributed by atoms with Crippen LogP contribution < -0.4 is 15.8 Å². The number of hydrogen-bond acceptors (Lipinski definition) is 5. The molecule has 144 valence electrons. The van der Waals surface area contributed by atoms with Crippen LogP contribution >= 0.6 is 12.4 Å². The van der Waals surface area contributed by atoms with Gasteiger partial charge in [0, 0.05) is 24.6 Å². The maximum atomic E-state index is 12.5. The van der Waals surface area contributed by atoms with E-state index in [1.807, 2.05) is 0 Å². The van der Waals surface area contributed by atoms with Gasteiger partial charge in [0.05, 0.1) is 4.90 Å². The highest BCUT2D eigenvalue weighted by atomic mass is 35.5. The second-order valence-electron chi connectivity index (χ2n) is 6.59. The average molecular weight is 401 g/mol. The van der Waals surface area contributed by atoms with Crippen molar-refractivity contribution in [3.05, 3.63) is 24.3 Å². The third kappa shape index (κ3) is 4.75. The average Bonchev–Trinajstić information content (AvgIpc) is 3.25. The van der Waals surface area contributed by atoms with Crippen LogP contribution in [0.15, 0.2) is 34.2 Å². The molecule has 1 amide bonds. The standard InChI is InChI=1S/C17H24N4O3S.ClH/c18-11-12-4-1-7-15(12)17(22)20-13-5-2-6-14(10-13)25(23,24)21-16-8-3-9-19-16;/h2,5-6,10,12,15H,1,3-4,7-9,11,18H2,(H,19,21)(H,20,22);1H/t12-,15-;/m1./s1. The number of amides is 1. The zero-order valence-electron chi connectivity index (χ0n) is 14.5. The fraction of sp³-hybridized carbons (Fsp3) is 0.529. The minimum absolute atomic E-state index is 0. The van der Waals surface area contributed by atoms with Crippen LogP contribution in [0.4, 0.5) is 5.69 Å². The summed E-state index contributed by atoms with van der Waals surface area (Å²) in [4.78, 5) is 16.7. The van der Waals surface area contributed by atoms with Gasteiger partial charge in [0.2, 0.25) is 5.91 Å². The lowest BCUT2D eigenvalue weighted by Gasteiger charge is -2.17. The van der Waals surface area contributed by atoms with Crippen molar-refractivity contribution in [2.24, 2.45) is 22.6 Å². The van der Waals surface area contributed by atoms with Gasteiger partial charge in [0.25, 0.3) is 10.0 Å². The molecule has 1 heterocycles. The highest BCUT2D eigenvalue weighted by molar-refractivity contribution is 7.90. The fourth-order valence-electron chi connectivity index (χ4n) is 3.48. The monoisotopic (exact) mass is 400 g/mol. The molecular formula is C17H25ClN4O3S. The maximum absolute atomic E-state index is 12.5. The van der Waals surface area contributed by atoms with E-state index in [9.17, 15) is 13.2 Å². The quantitative estimate of drug-likeness (QED) is 0.700. The molecule has 1 aliphatic carbocycles. The normalized spacial score (nSPS) is 22.4. The molecule has 0 unspecified atom stereocenters. The molecule has 1 saturated carbocycles. The molecule has 3 rings (SSSR count). The Bertz CT molecular complexity index is 782. The number of anilines is 1. The van der Waals surface area contributed by atoms with Gasteiger partial charge in [-0.15, -0.1) is 12.4 Å². The molecule has 26 heavy (non-hydrogen) atoms. The number of rotatable bonds is 5. The summed E-state index contributed by atoms with van der Waals surface area (Å²) in [6.45, 7) is 1.15. The van der Waals surface area contributed by atoms with E-state index in [0.29, 0.717) is 31.0 Å². The summed E-state index contributed by atoms with van der Waals surface area (Å²) in [5.74, 6) is 0.506. The molecule has 2 aliphatic rings. The maximum Gasteiger partial charge on any atom is 0.262 e. The largest absolute Gasteiger partial charge is 0.330 e. The number of halogens is 1. The van der Waals surface area contributed by atoms with Crippen molar-refractivity contribution < 1.29 is 13.2 Å². The van der Waals surface area contributed by atoms with Crippen LogP contribution in [0, 0.1) is 11.8 Å². The number of nitrogens with zero attached hydrogens (tertiary/aromatic N) is 1. The number of carbonyl (C=O) groups is 1. The summed E-state index contributed by atoms with van der Waals surface area (Å²) in [7, 11) is -3.69. The summed E-state index contributed by atoms with van der Waals surface area (Å²) < 4.78 is 27.4. The van der Waals surface area contributed by atoms with Crippen molar-refractivity contribution in [3.8, 4) is 0 Å². The van der Waals surface area contributed by atoms with Crippen LogP contribution in [0.2, 0.25) is 0 Å². The van der Waals surface area contributed by atoms with Crippen molar-refractivity contribution in [2.75, 3.05) is 18.4 Å². The van der Waals surface area contributed by atoms with Crippen molar-refractivity contribution in [1.29, 1.82) is 0 Å². The van der Waals surface area contributed by atoms with Crippen molar-refractivity contribution in [1.82, 2.24) is 4.72 Å². The van der Waals surface area contributed by atoms with E-state index in [2.05, 4.69) is 15.0 Å². The summed E-state index contributed by atoms with van der Waals surface area (Å²) in [6.07, 6.45) is 4.29. The predicted molar refractivity (Wildman–Crippen MR) is 104 cm³/mol. The van der Waals surface area contributed by atoms with Gasteiger partial charge >= 0.3 is 0 Å². The smallest absolute Gasteiger partial charge is 0.262 e. The molecule has 0 spiro atoms. The van der Waals surface area contributed by atoms with Crippen molar-refractivity contribution >= 4 is 39.9 Å². The number of carbonyl (C=O) groups excluding carboxylic acids is 1. The van der Waals surface area contributed by atoms with Gasteiger partial charge in [-0.1, -0.05) is 12.5 Å². The van der Waals surface area contributed by atoms with E-state index < -0.39 is 10.0 Å². The number of hydrogen-bond donors (Lipinski definition) is 3. The van der Waals surface area contributed by atoms with E-state index in [1.165, 1.54) is 12.1 Å². The Hall–Kier alpha value is -1.64. The van der Waals surface area contributed by atoms with Crippen LogP contribution in [0.3, 0.4) is 0 Å². The Morgan fingerprint density at radius 2 is 2.08 bits per heavy atom. The molecule has 2 atom stereocenters. The minimum atomic E-state index is -3.69. The Labute approximate surface area is 160 Å². The molecule has 0 aromatic heterocycles. The number of sulfonamides is 1. The van der Waals surface area contributed by atoms with Crippen molar-refractivity contribution in [3.63, 3.8) is 0 Å². The van der Waals surface area contributed by atoms with Crippen LogP contribution in [-0.2, 0) is 14.8 Å². The van der Waals surface area contributed by atoms with Gasteiger partial charge in [0.15, 0.2) is 0 Å². The summed E-state index contributed by atoms with van der Waals surface area (Å²) >= 11 is 0. The second kappa shape index (κ2) is 8.83. The van der Waals surface area contributed by atoms with E-state index in [0.717, 1.165) is 25.7 Å². The predicted octanol–water partition coefficient (Wildman–Crippen LogP) is 1.89. The Kier molecular flexibility index (Phi) is 7.02. The molecule has 4 N–H and O–H groups in total. The Morgan fingerprint density at radius 3 is 2.77 bits per heavy atom. The summed E-state index contributed by atoms with van der Waals surface area (Å²) in [5, 5.41) is 2.84.